The topological polar surface area (TPSA) is 57.7 Å². The van der Waals surface area contributed by atoms with E-state index in [2.05, 4.69) is 4.90 Å². The maximum absolute atomic E-state index is 13.1. The van der Waals surface area contributed by atoms with Crippen LogP contribution in [0.4, 0.5) is 0 Å². The summed E-state index contributed by atoms with van der Waals surface area (Å²) in [5, 5.41) is 0. The number of rotatable bonds is 2. The van der Waals surface area contributed by atoms with Crippen molar-refractivity contribution in [2.24, 2.45) is 0 Å². The summed E-state index contributed by atoms with van der Waals surface area (Å²) in [7, 11) is -3.34. The van der Waals surface area contributed by atoms with Gasteiger partial charge in [-0.25, -0.2) is 8.42 Å². The Bertz CT molecular complexity index is 1040. The highest BCUT2D eigenvalue weighted by Gasteiger charge is 2.32. The second kappa shape index (κ2) is 8.61. The van der Waals surface area contributed by atoms with Gasteiger partial charge in [0.2, 0.25) is 0 Å². The highest BCUT2D eigenvalue weighted by molar-refractivity contribution is 7.91. The third-order valence-electron chi connectivity index (χ3n) is 6.52. The van der Waals surface area contributed by atoms with Gasteiger partial charge in [0.15, 0.2) is 9.84 Å². The van der Waals surface area contributed by atoms with Crippen LogP contribution in [0.3, 0.4) is 0 Å². The minimum Gasteiger partial charge on any atom is -0.335 e. The number of carbonyl (C=O) groups is 1. The van der Waals surface area contributed by atoms with Crippen LogP contribution in [0.2, 0.25) is 0 Å². The van der Waals surface area contributed by atoms with Crippen molar-refractivity contribution >= 4 is 39.5 Å². The van der Waals surface area contributed by atoms with Crippen LogP contribution in [0.1, 0.15) is 47.3 Å². The summed E-state index contributed by atoms with van der Waals surface area (Å²) in [6, 6.07) is 9.63. The number of benzene rings is 1. The van der Waals surface area contributed by atoms with Crippen molar-refractivity contribution in [1.29, 1.82) is 0 Å². The first kappa shape index (κ1) is 21.8. The average molecular weight is 467 g/mol. The molecule has 1 aromatic carbocycles. The van der Waals surface area contributed by atoms with Crippen LogP contribution in [0.15, 0.2) is 35.2 Å². The van der Waals surface area contributed by atoms with Gasteiger partial charge in [-0.3, -0.25) is 9.69 Å². The number of amides is 1. The van der Waals surface area contributed by atoms with Gasteiger partial charge in [-0.2, -0.15) is 0 Å². The van der Waals surface area contributed by atoms with Gasteiger partial charge in [-0.1, -0.05) is 37.5 Å². The van der Waals surface area contributed by atoms with Crippen LogP contribution in [-0.2, 0) is 15.6 Å². The van der Waals surface area contributed by atoms with E-state index in [1.807, 2.05) is 23.1 Å². The molecule has 2 fully saturated rings. The molecular weight excluding hydrogens is 440 g/mol. The third-order valence-corrected chi connectivity index (χ3v) is 9.44. The molecule has 0 atom stereocenters. The molecule has 0 bridgehead atoms. The lowest BCUT2D eigenvalue weighted by Crippen LogP contribution is -2.52. The van der Waals surface area contributed by atoms with Crippen LogP contribution in [0.5, 0.6) is 0 Å². The molecule has 30 heavy (non-hydrogen) atoms. The Balaban J connectivity index is 0.00000218. The molecule has 1 aliphatic carbocycles. The van der Waals surface area contributed by atoms with E-state index in [1.54, 1.807) is 12.1 Å². The predicted octanol–water partition coefficient (Wildman–Crippen LogP) is 4.21. The first-order valence-corrected chi connectivity index (χ1v) is 13.0. The fraction of sp³-hybridized carbons (Fsp3) is 0.500. The molecule has 8 heteroatoms. The summed E-state index contributed by atoms with van der Waals surface area (Å²) in [5.74, 6) is 0.0288. The van der Waals surface area contributed by atoms with Crippen LogP contribution in [-0.4, -0.2) is 56.3 Å². The van der Waals surface area contributed by atoms with E-state index in [9.17, 15) is 13.2 Å². The molecule has 0 spiro atoms. The minimum absolute atomic E-state index is 0. The first-order valence-electron chi connectivity index (χ1n) is 10.5. The van der Waals surface area contributed by atoms with Crippen LogP contribution in [0, 0.1) is 0 Å². The van der Waals surface area contributed by atoms with E-state index >= 15 is 0 Å². The molecule has 5 nitrogen and oxygen atoms in total. The van der Waals surface area contributed by atoms with Gasteiger partial charge in [0.1, 0.15) is 0 Å². The summed E-state index contributed by atoms with van der Waals surface area (Å²) < 4.78 is 25.2. The van der Waals surface area contributed by atoms with Crippen molar-refractivity contribution in [1.82, 2.24) is 9.80 Å². The lowest BCUT2D eigenvalue weighted by atomic mass is 9.94. The van der Waals surface area contributed by atoms with Gasteiger partial charge < -0.3 is 4.90 Å². The second-order valence-corrected chi connectivity index (χ2v) is 11.4. The molecule has 1 aromatic heterocycles. The van der Waals surface area contributed by atoms with E-state index in [1.165, 1.54) is 43.4 Å². The van der Waals surface area contributed by atoms with E-state index in [-0.39, 0.29) is 24.1 Å². The maximum Gasteiger partial charge on any atom is 0.264 e. The Morgan fingerprint density at radius 3 is 2.43 bits per heavy atom. The number of thiophene rings is 1. The molecule has 2 aliphatic heterocycles. The van der Waals surface area contributed by atoms with Crippen molar-refractivity contribution < 1.29 is 13.2 Å². The van der Waals surface area contributed by atoms with Gasteiger partial charge in [-0.05, 0) is 30.5 Å². The highest BCUT2D eigenvalue weighted by atomic mass is 35.5. The Morgan fingerprint density at radius 1 is 1.00 bits per heavy atom. The number of hydrogen-bond acceptors (Lipinski definition) is 5. The summed E-state index contributed by atoms with van der Waals surface area (Å²) in [6.45, 7) is 3.40. The molecular formula is C22H27ClN2O3S2. The zero-order valence-corrected chi connectivity index (χ0v) is 19.3. The van der Waals surface area contributed by atoms with Crippen LogP contribution < -0.4 is 0 Å². The molecule has 3 aliphatic rings. The number of piperazine rings is 1. The Morgan fingerprint density at radius 2 is 1.70 bits per heavy atom. The fourth-order valence-corrected chi connectivity index (χ4v) is 7.90. The highest BCUT2D eigenvalue weighted by Crippen LogP contribution is 2.43. The standard InChI is InChI=1S/C22H26N2O3S2.ClH/c25-22(24-12-10-23(11-13-24)17-6-2-1-3-7-17)19-14-16-15-29(26,27)20-9-5-4-8-18(20)21(16)28-19;/h4-5,8-9,14,17H,1-3,6-7,10-13,15H2;1H. The van der Waals surface area contributed by atoms with Crippen molar-refractivity contribution in [3.63, 3.8) is 0 Å². The Labute approximate surface area is 188 Å². The number of fused-ring (bicyclic) bond motifs is 3. The molecule has 3 heterocycles. The molecule has 0 N–H and O–H groups in total. The van der Waals surface area contributed by atoms with E-state index < -0.39 is 9.84 Å². The summed E-state index contributed by atoms with van der Waals surface area (Å²) in [4.78, 5) is 19.6. The predicted molar refractivity (Wildman–Crippen MR) is 122 cm³/mol. The number of sulfone groups is 1. The molecule has 5 rings (SSSR count). The van der Waals surface area contributed by atoms with Gasteiger partial charge in [0, 0.05) is 42.7 Å². The maximum atomic E-state index is 13.1. The van der Waals surface area contributed by atoms with E-state index in [0.717, 1.165) is 42.2 Å². The third kappa shape index (κ3) is 3.93. The monoisotopic (exact) mass is 466 g/mol. The SMILES string of the molecule is Cl.O=C(c1cc2c(s1)-c1ccccc1S(=O)(=O)C2)N1CCN(C2CCCCC2)CC1. The zero-order valence-electron chi connectivity index (χ0n) is 16.9. The summed E-state index contributed by atoms with van der Waals surface area (Å²) >= 11 is 1.44. The Hall–Kier alpha value is -1.41. The second-order valence-electron chi connectivity index (χ2n) is 8.34. The fourth-order valence-electron chi connectivity index (χ4n) is 4.97. The lowest BCUT2D eigenvalue weighted by Gasteiger charge is -2.40. The summed E-state index contributed by atoms with van der Waals surface area (Å²) in [5.41, 5.74) is 1.50. The number of carbonyl (C=O) groups excluding carboxylic acids is 1. The molecule has 1 saturated carbocycles. The quantitative estimate of drug-likeness (QED) is 0.665. The number of halogens is 1. The van der Waals surface area contributed by atoms with Gasteiger partial charge >= 0.3 is 0 Å². The van der Waals surface area contributed by atoms with Crippen molar-refractivity contribution in [3.05, 3.63) is 40.8 Å². The molecule has 162 valence electrons. The normalized spacial score (nSPS) is 21.4. The van der Waals surface area contributed by atoms with Gasteiger partial charge in [0.25, 0.3) is 5.91 Å². The van der Waals surface area contributed by atoms with Crippen molar-refractivity contribution in [3.8, 4) is 10.4 Å². The van der Waals surface area contributed by atoms with Gasteiger partial charge in [0.05, 0.1) is 15.5 Å². The average Bonchev–Trinajstić information content (AvgIpc) is 3.17. The zero-order chi connectivity index (χ0) is 20.0. The van der Waals surface area contributed by atoms with E-state index in [4.69, 9.17) is 0 Å². The molecule has 1 saturated heterocycles. The largest absolute Gasteiger partial charge is 0.335 e. The van der Waals surface area contributed by atoms with Crippen molar-refractivity contribution in [2.45, 2.75) is 48.8 Å². The first-order chi connectivity index (χ1) is 14.0. The van der Waals surface area contributed by atoms with Crippen molar-refractivity contribution in [2.75, 3.05) is 26.2 Å². The van der Waals surface area contributed by atoms with E-state index in [0.29, 0.717) is 15.8 Å². The smallest absolute Gasteiger partial charge is 0.264 e. The molecule has 0 radical (unpaired) electrons. The number of nitrogens with zero attached hydrogens (tertiary/aromatic N) is 2. The summed E-state index contributed by atoms with van der Waals surface area (Å²) in [6.07, 6.45) is 6.60. The van der Waals surface area contributed by atoms with Crippen LogP contribution in [0.25, 0.3) is 10.4 Å². The van der Waals surface area contributed by atoms with Gasteiger partial charge in [-0.15, -0.1) is 23.7 Å². The van der Waals surface area contributed by atoms with Crippen LogP contribution >= 0.6 is 23.7 Å². The molecule has 0 unspecified atom stereocenters. The molecule has 2 aromatic rings. The Kier molecular flexibility index (Phi) is 6.26. The number of hydrogen-bond donors (Lipinski definition) is 0. The minimum atomic E-state index is -3.34. The molecule has 1 amide bonds. The lowest BCUT2D eigenvalue weighted by molar-refractivity contribution is 0.0527.